The number of pyridine rings is 1. The number of fused-ring (bicyclic) bond motifs is 1. The summed E-state index contributed by atoms with van der Waals surface area (Å²) in [5, 5.41) is 3.10. The van der Waals surface area contributed by atoms with Gasteiger partial charge in [-0.25, -0.2) is 4.98 Å². The van der Waals surface area contributed by atoms with E-state index in [0.29, 0.717) is 12.3 Å². The van der Waals surface area contributed by atoms with Crippen molar-refractivity contribution in [1.82, 2.24) is 19.6 Å². The van der Waals surface area contributed by atoms with E-state index in [1.807, 2.05) is 40.8 Å². The van der Waals surface area contributed by atoms with Gasteiger partial charge in [0.15, 0.2) is 0 Å². The van der Waals surface area contributed by atoms with Gasteiger partial charge < -0.3 is 14.6 Å². The second kappa shape index (κ2) is 6.50. The van der Waals surface area contributed by atoms with Gasteiger partial charge in [0.25, 0.3) is 0 Å². The van der Waals surface area contributed by atoms with Crippen molar-refractivity contribution in [3.05, 3.63) is 35.8 Å². The molecule has 1 saturated heterocycles. The Hall–Kier alpha value is -2.37. The van der Waals surface area contributed by atoms with Crippen LogP contribution in [0, 0.1) is 12.8 Å². The number of aryl methyl sites for hydroxylation is 1. The Morgan fingerprint density at radius 3 is 2.68 bits per heavy atom. The van der Waals surface area contributed by atoms with Crippen LogP contribution < -0.4 is 5.32 Å². The highest BCUT2D eigenvalue weighted by Crippen LogP contribution is 2.31. The lowest BCUT2D eigenvalue weighted by Gasteiger charge is -2.32. The van der Waals surface area contributed by atoms with E-state index in [9.17, 15) is 9.59 Å². The SMILES string of the molecule is Cc1cccn2cc(CC(=O)NC3CCN(C(=O)C4CC4)CC3)nc12. The number of piperidine rings is 1. The quantitative estimate of drug-likeness (QED) is 0.921. The lowest BCUT2D eigenvalue weighted by molar-refractivity contribution is -0.133. The highest BCUT2D eigenvalue weighted by atomic mass is 16.2. The van der Waals surface area contributed by atoms with Crippen molar-refractivity contribution in [1.29, 1.82) is 0 Å². The summed E-state index contributed by atoms with van der Waals surface area (Å²) in [5.74, 6) is 0.600. The molecule has 0 bridgehead atoms. The number of rotatable bonds is 4. The first-order chi connectivity index (χ1) is 12.1. The van der Waals surface area contributed by atoms with E-state index in [1.54, 1.807) is 0 Å². The van der Waals surface area contributed by atoms with Crippen LogP contribution in [0.1, 0.15) is 36.9 Å². The van der Waals surface area contributed by atoms with Crippen LogP contribution in [0.25, 0.3) is 5.65 Å². The van der Waals surface area contributed by atoms with E-state index in [4.69, 9.17) is 0 Å². The van der Waals surface area contributed by atoms with Gasteiger partial charge in [-0.3, -0.25) is 9.59 Å². The van der Waals surface area contributed by atoms with Crippen molar-refractivity contribution < 1.29 is 9.59 Å². The fraction of sp³-hybridized carbons (Fsp3) is 0.526. The summed E-state index contributed by atoms with van der Waals surface area (Å²) >= 11 is 0. The van der Waals surface area contributed by atoms with Gasteiger partial charge in [0.2, 0.25) is 11.8 Å². The first-order valence-electron chi connectivity index (χ1n) is 9.11. The van der Waals surface area contributed by atoms with Gasteiger partial charge in [0.05, 0.1) is 12.1 Å². The molecule has 2 aliphatic rings. The summed E-state index contributed by atoms with van der Waals surface area (Å²) in [4.78, 5) is 30.9. The summed E-state index contributed by atoms with van der Waals surface area (Å²) in [6.45, 7) is 3.53. The third kappa shape index (κ3) is 3.52. The smallest absolute Gasteiger partial charge is 0.226 e. The Labute approximate surface area is 147 Å². The van der Waals surface area contributed by atoms with Gasteiger partial charge in [-0.2, -0.15) is 0 Å². The van der Waals surface area contributed by atoms with Crippen molar-refractivity contribution in [3.63, 3.8) is 0 Å². The van der Waals surface area contributed by atoms with Crippen LogP contribution in [0.15, 0.2) is 24.5 Å². The van der Waals surface area contributed by atoms with Gasteiger partial charge in [-0.05, 0) is 44.2 Å². The maximum atomic E-state index is 12.3. The molecule has 2 aromatic heterocycles. The van der Waals surface area contributed by atoms with Gasteiger partial charge in [-0.15, -0.1) is 0 Å². The molecule has 1 saturated carbocycles. The van der Waals surface area contributed by atoms with Crippen molar-refractivity contribution in [2.45, 2.75) is 45.1 Å². The van der Waals surface area contributed by atoms with Crippen LogP contribution in [0.3, 0.4) is 0 Å². The minimum atomic E-state index is 0.00743. The van der Waals surface area contributed by atoms with E-state index < -0.39 is 0 Å². The molecule has 0 unspecified atom stereocenters. The van der Waals surface area contributed by atoms with E-state index in [2.05, 4.69) is 10.3 Å². The standard InChI is InChI=1S/C19H24N4O2/c1-13-3-2-8-23-12-16(21-18(13)23)11-17(24)20-15-6-9-22(10-7-15)19(25)14-4-5-14/h2-3,8,12,14-15H,4-7,9-11H2,1H3,(H,20,24). The van der Waals surface area contributed by atoms with Crippen molar-refractivity contribution in [3.8, 4) is 0 Å². The van der Waals surface area contributed by atoms with Crippen LogP contribution in [-0.4, -0.2) is 45.2 Å². The zero-order valence-electron chi connectivity index (χ0n) is 14.6. The second-order valence-electron chi connectivity index (χ2n) is 7.27. The fourth-order valence-electron chi connectivity index (χ4n) is 3.57. The zero-order valence-corrected chi connectivity index (χ0v) is 14.6. The molecule has 25 heavy (non-hydrogen) atoms. The lowest BCUT2D eigenvalue weighted by atomic mass is 10.0. The monoisotopic (exact) mass is 340 g/mol. The molecule has 6 nitrogen and oxygen atoms in total. The molecule has 0 radical (unpaired) electrons. The van der Waals surface area contributed by atoms with Gasteiger partial charge in [-0.1, -0.05) is 6.07 Å². The predicted molar refractivity (Wildman–Crippen MR) is 94.1 cm³/mol. The molecule has 2 amide bonds. The largest absolute Gasteiger partial charge is 0.353 e. The Balaban J connectivity index is 1.30. The van der Waals surface area contributed by atoms with E-state index in [-0.39, 0.29) is 17.9 Å². The molecular weight excluding hydrogens is 316 g/mol. The summed E-state index contributed by atoms with van der Waals surface area (Å²) in [5.41, 5.74) is 2.78. The summed E-state index contributed by atoms with van der Waals surface area (Å²) in [6.07, 6.45) is 7.94. The molecule has 6 heteroatoms. The Morgan fingerprint density at radius 1 is 1.24 bits per heavy atom. The van der Waals surface area contributed by atoms with E-state index in [0.717, 1.165) is 55.7 Å². The number of hydrogen-bond donors (Lipinski definition) is 1. The molecule has 0 aromatic carbocycles. The van der Waals surface area contributed by atoms with Crippen molar-refractivity contribution in [2.75, 3.05) is 13.1 Å². The third-order valence-corrected chi connectivity index (χ3v) is 5.17. The lowest BCUT2D eigenvalue weighted by Crippen LogP contribution is -2.47. The van der Waals surface area contributed by atoms with Crippen molar-refractivity contribution in [2.24, 2.45) is 5.92 Å². The average molecular weight is 340 g/mol. The Morgan fingerprint density at radius 2 is 2.00 bits per heavy atom. The summed E-state index contributed by atoms with van der Waals surface area (Å²) in [7, 11) is 0. The van der Waals surface area contributed by atoms with Crippen LogP contribution in [0.4, 0.5) is 0 Å². The number of amides is 2. The molecule has 0 atom stereocenters. The molecule has 4 rings (SSSR count). The highest BCUT2D eigenvalue weighted by Gasteiger charge is 2.35. The molecule has 2 aromatic rings. The second-order valence-corrected chi connectivity index (χ2v) is 7.27. The minimum Gasteiger partial charge on any atom is -0.353 e. The van der Waals surface area contributed by atoms with Crippen molar-refractivity contribution >= 4 is 17.5 Å². The Bertz CT molecular complexity index is 801. The number of hydrogen-bond acceptors (Lipinski definition) is 3. The molecular formula is C19H24N4O2. The number of carbonyl (C=O) groups excluding carboxylic acids is 2. The number of nitrogens with zero attached hydrogens (tertiary/aromatic N) is 3. The third-order valence-electron chi connectivity index (χ3n) is 5.17. The maximum Gasteiger partial charge on any atom is 0.226 e. The Kier molecular flexibility index (Phi) is 4.19. The first kappa shape index (κ1) is 16.1. The number of nitrogens with one attached hydrogen (secondary N) is 1. The summed E-state index contributed by atoms with van der Waals surface area (Å²) in [6, 6.07) is 4.16. The van der Waals surface area contributed by atoms with E-state index in [1.165, 1.54) is 0 Å². The molecule has 132 valence electrons. The maximum absolute atomic E-state index is 12.3. The number of likely N-dealkylation sites (tertiary alicyclic amines) is 1. The fourth-order valence-corrected chi connectivity index (χ4v) is 3.57. The number of imidazole rings is 1. The zero-order chi connectivity index (χ0) is 17.4. The molecule has 1 N–H and O–H groups in total. The van der Waals surface area contributed by atoms with Gasteiger partial charge in [0, 0.05) is 37.4 Å². The van der Waals surface area contributed by atoms with Crippen LogP contribution in [-0.2, 0) is 16.0 Å². The highest BCUT2D eigenvalue weighted by molar-refractivity contribution is 5.81. The molecule has 1 aliphatic heterocycles. The molecule has 0 spiro atoms. The molecule has 1 aliphatic carbocycles. The molecule has 2 fully saturated rings. The average Bonchev–Trinajstić information content (AvgIpc) is 3.36. The van der Waals surface area contributed by atoms with Crippen LogP contribution >= 0.6 is 0 Å². The number of carbonyl (C=O) groups is 2. The number of aromatic nitrogens is 2. The predicted octanol–water partition coefficient (Wildman–Crippen LogP) is 1.70. The first-order valence-corrected chi connectivity index (χ1v) is 9.11. The van der Waals surface area contributed by atoms with Crippen LogP contribution in [0.2, 0.25) is 0 Å². The molecule has 3 heterocycles. The summed E-state index contributed by atoms with van der Waals surface area (Å²) < 4.78 is 1.96. The van der Waals surface area contributed by atoms with E-state index >= 15 is 0 Å². The van der Waals surface area contributed by atoms with Gasteiger partial charge in [0.1, 0.15) is 5.65 Å². The van der Waals surface area contributed by atoms with Gasteiger partial charge >= 0.3 is 0 Å². The topological polar surface area (TPSA) is 66.7 Å². The minimum absolute atomic E-state index is 0.00743. The normalized spacial score (nSPS) is 18.5. The van der Waals surface area contributed by atoms with Crippen LogP contribution in [0.5, 0.6) is 0 Å².